The Morgan fingerprint density at radius 3 is 2.50 bits per heavy atom. The summed E-state index contributed by atoms with van der Waals surface area (Å²) in [5, 5.41) is 16.5. The fourth-order valence-corrected chi connectivity index (χ4v) is 9.24. The van der Waals surface area contributed by atoms with E-state index in [0.717, 1.165) is 38.9 Å². The number of aliphatic hydroxyl groups is 1. The summed E-state index contributed by atoms with van der Waals surface area (Å²) in [6.07, 6.45) is 2.95. The summed E-state index contributed by atoms with van der Waals surface area (Å²) in [4.78, 5) is 45.3. The highest BCUT2D eigenvalue weighted by Gasteiger charge is 2.77. The lowest BCUT2D eigenvalue weighted by Crippen LogP contribution is -2.57. The monoisotopic (exact) mass is 524 g/mol. The fraction of sp³-hybridized carbons (Fsp3) is 0.885. The van der Waals surface area contributed by atoms with E-state index >= 15 is 0 Å². The van der Waals surface area contributed by atoms with Crippen molar-refractivity contribution in [1.29, 1.82) is 0 Å². The van der Waals surface area contributed by atoms with Crippen molar-refractivity contribution in [2.45, 2.75) is 75.0 Å². The lowest BCUT2D eigenvalue weighted by molar-refractivity contribution is -0.143. The zero-order valence-corrected chi connectivity index (χ0v) is 23.1. The Labute approximate surface area is 219 Å². The van der Waals surface area contributed by atoms with Gasteiger partial charge in [0.15, 0.2) is 0 Å². The highest BCUT2D eigenvalue weighted by Crippen LogP contribution is 2.71. The van der Waals surface area contributed by atoms with Crippen molar-refractivity contribution in [2.24, 2.45) is 17.8 Å². The molecule has 0 aliphatic carbocycles. The van der Waals surface area contributed by atoms with Crippen molar-refractivity contribution < 1.29 is 24.2 Å². The summed E-state index contributed by atoms with van der Waals surface area (Å²) >= 11 is 1.68. The van der Waals surface area contributed by atoms with E-state index in [2.05, 4.69) is 36.3 Å². The number of thioether (sulfide) groups is 1. The van der Waals surface area contributed by atoms with Gasteiger partial charge in [0.05, 0.1) is 42.4 Å². The average Bonchev–Trinajstić information content (AvgIpc) is 3.42. The molecule has 3 N–H and O–H groups in total. The maximum Gasteiger partial charge on any atom is 0.244 e. The number of amides is 3. The second-order valence-electron chi connectivity index (χ2n) is 11.5. The Hall–Kier alpha value is -1.36. The number of hydrogen-bond donors (Lipinski definition) is 3. The molecule has 3 amide bonds. The second kappa shape index (κ2) is 11.2. The van der Waals surface area contributed by atoms with Crippen LogP contribution >= 0.6 is 11.8 Å². The van der Waals surface area contributed by atoms with Crippen LogP contribution in [0.4, 0.5) is 0 Å². The van der Waals surface area contributed by atoms with Gasteiger partial charge in [-0.1, -0.05) is 20.8 Å². The third-order valence-electron chi connectivity index (χ3n) is 8.47. The normalized spacial score (nSPS) is 34.8. The van der Waals surface area contributed by atoms with E-state index in [-0.39, 0.29) is 35.0 Å². The molecule has 6 atom stereocenters. The van der Waals surface area contributed by atoms with E-state index < -0.39 is 28.7 Å². The summed E-state index contributed by atoms with van der Waals surface area (Å²) in [7, 11) is 0. The van der Waals surface area contributed by atoms with Crippen LogP contribution in [-0.4, -0.2) is 107 Å². The van der Waals surface area contributed by atoms with Crippen LogP contribution < -0.4 is 10.6 Å². The highest BCUT2D eigenvalue weighted by atomic mass is 32.2. The summed E-state index contributed by atoms with van der Waals surface area (Å²) in [5.74, 6) is -1.15. The van der Waals surface area contributed by atoms with Crippen LogP contribution in [0.1, 0.15) is 53.4 Å². The first-order chi connectivity index (χ1) is 17.2. The smallest absolute Gasteiger partial charge is 0.244 e. The molecule has 4 heterocycles. The molecule has 0 aromatic rings. The molecule has 4 aliphatic rings. The molecule has 9 nitrogen and oxygen atoms in total. The number of nitrogens with one attached hydrogen (secondary N) is 2. The van der Waals surface area contributed by atoms with Crippen LogP contribution in [0.2, 0.25) is 0 Å². The molecule has 4 fully saturated rings. The first-order valence-electron chi connectivity index (χ1n) is 13.7. The van der Waals surface area contributed by atoms with Gasteiger partial charge < -0.3 is 25.4 Å². The Morgan fingerprint density at radius 2 is 1.86 bits per heavy atom. The fourth-order valence-electron chi connectivity index (χ4n) is 6.89. The maximum atomic E-state index is 14.1. The van der Waals surface area contributed by atoms with Gasteiger partial charge in [-0.2, -0.15) is 0 Å². The second-order valence-corrected chi connectivity index (χ2v) is 13.4. The Morgan fingerprint density at radius 1 is 1.17 bits per heavy atom. The van der Waals surface area contributed by atoms with Crippen LogP contribution in [0.5, 0.6) is 0 Å². The van der Waals surface area contributed by atoms with Gasteiger partial charge in [0.25, 0.3) is 0 Å². The summed E-state index contributed by atoms with van der Waals surface area (Å²) in [6.45, 7) is 12.9. The van der Waals surface area contributed by atoms with Crippen molar-refractivity contribution >= 4 is 29.5 Å². The minimum absolute atomic E-state index is 0.0792. The number of morpholine rings is 1. The molecule has 2 unspecified atom stereocenters. The van der Waals surface area contributed by atoms with E-state index in [9.17, 15) is 19.5 Å². The summed E-state index contributed by atoms with van der Waals surface area (Å²) < 4.78 is 4.40. The summed E-state index contributed by atoms with van der Waals surface area (Å²) in [6, 6.07) is -1.13. The SMILES string of the molecule is CCCNC(=O)[C@H]1[C@H]2C(=O)N([C@@H](CO)CC(C)C)C(C(=O)NCCN3CCOCC3)C23CC[C@]1(C)S3. The molecule has 4 saturated heterocycles. The van der Waals surface area contributed by atoms with Crippen LogP contribution in [-0.2, 0) is 19.1 Å². The van der Waals surface area contributed by atoms with E-state index in [4.69, 9.17) is 4.74 Å². The molecule has 0 radical (unpaired) electrons. The maximum absolute atomic E-state index is 14.1. The molecule has 0 aromatic carbocycles. The molecule has 10 heteroatoms. The molecule has 0 aromatic heterocycles. The van der Waals surface area contributed by atoms with Crippen LogP contribution in [0.25, 0.3) is 0 Å². The molecular formula is C26H44N4O5S. The summed E-state index contributed by atoms with van der Waals surface area (Å²) in [5.41, 5.74) is 0. The minimum atomic E-state index is -0.689. The van der Waals surface area contributed by atoms with Gasteiger partial charge in [-0.15, -0.1) is 11.8 Å². The topological polar surface area (TPSA) is 111 Å². The number of rotatable bonds is 11. The van der Waals surface area contributed by atoms with Crippen molar-refractivity contribution in [3.05, 3.63) is 0 Å². The van der Waals surface area contributed by atoms with Gasteiger partial charge in [0.1, 0.15) is 6.04 Å². The van der Waals surface area contributed by atoms with Crippen molar-refractivity contribution in [3.63, 3.8) is 0 Å². The van der Waals surface area contributed by atoms with Gasteiger partial charge in [0.2, 0.25) is 17.7 Å². The Kier molecular flexibility index (Phi) is 8.59. The van der Waals surface area contributed by atoms with E-state index in [0.29, 0.717) is 32.7 Å². The third kappa shape index (κ3) is 4.90. The number of likely N-dealkylation sites (tertiary alicyclic amines) is 1. The van der Waals surface area contributed by atoms with Crippen molar-refractivity contribution in [3.8, 4) is 0 Å². The zero-order chi connectivity index (χ0) is 26.1. The molecule has 36 heavy (non-hydrogen) atoms. The Bertz CT molecular complexity index is 837. The first-order valence-corrected chi connectivity index (χ1v) is 14.5. The van der Waals surface area contributed by atoms with Gasteiger partial charge in [0, 0.05) is 37.5 Å². The molecule has 1 spiro atoms. The van der Waals surface area contributed by atoms with Gasteiger partial charge in [-0.05, 0) is 38.5 Å². The van der Waals surface area contributed by atoms with Crippen molar-refractivity contribution in [1.82, 2.24) is 20.4 Å². The average molecular weight is 525 g/mol. The number of fused-ring (bicyclic) bond motifs is 1. The lowest BCUT2D eigenvalue weighted by atomic mass is 9.66. The van der Waals surface area contributed by atoms with E-state index in [1.807, 2.05) is 6.92 Å². The van der Waals surface area contributed by atoms with Gasteiger partial charge >= 0.3 is 0 Å². The highest BCUT2D eigenvalue weighted by molar-refractivity contribution is 8.02. The quantitative estimate of drug-likeness (QED) is 0.367. The Balaban J connectivity index is 1.62. The minimum Gasteiger partial charge on any atom is -0.394 e. The molecule has 4 aliphatic heterocycles. The number of carbonyl (C=O) groups is 3. The van der Waals surface area contributed by atoms with Crippen LogP contribution in [0, 0.1) is 17.8 Å². The molecule has 4 rings (SSSR count). The number of aliphatic hydroxyl groups excluding tert-OH is 1. The number of hydrogen-bond acceptors (Lipinski definition) is 7. The van der Waals surface area contributed by atoms with Crippen LogP contribution in [0.3, 0.4) is 0 Å². The first kappa shape index (κ1) is 27.7. The predicted molar refractivity (Wildman–Crippen MR) is 139 cm³/mol. The molecule has 0 saturated carbocycles. The van der Waals surface area contributed by atoms with E-state index in [1.165, 1.54) is 0 Å². The molecule has 2 bridgehead atoms. The third-order valence-corrected chi connectivity index (χ3v) is 10.5. The number of nitrogens with zero attached hydrogens (tertiary/aromatic N) is 2. The van der Waals surface area contributed by atoms with Gasteiger partial charge in [-0.25, -0.2) is 0 Å². The van der Waals surface area contributed by atoms with Crippen LogP contribution in [0.15, 0.2) is 0 Å². The number of ether oxygens (including phenoxy) is 1. The standard InChI is InChI=1S/C26H44N4O5S/c1-5-8-27-22(32)19-20-24(34)30(18(16-31)15-17(2)3)21(26(20)7-6-25(19,4)36-26)23(33)28-9-10-29-11-13-35-14-12-29/h17-21,31H,5-16H2,1-4H3,(H,27,32)(H,28,33)/t18-,19-,20+,21?,25+,26?/m1/s1. The van der Waals surface area contributed by atoms with E-state index in [1.54, 1.807) is 16.7 Å². The zero-order valence-electron chi connectivity index (χ0n) is 22.3. The lowest BCUT2D eigenvalue weighted by Gasteiger charge is -2.37. The number of carbonyl (C=O) groups excluding carboxylic acids is 3. The largest absolute Gasteiger partial charge is 0.394 e. The molecular weight excluding hydrogens is 480 g/mol. The van der Waals surface area contributed by atoms with Crippen molar-refractivity contribution in [2.75, 3.05) is 52.5 Å². The predicted octanol–water partition coefficient (Wildman–Crippen LogP) is 0.849. The van der Waals surface area contributed by atoms with Gasteiger partial charge in [-0.3, -0.25) is 19.3 Å². The molecule has 204 valence electrons.